The van der Waals surface area contributed by atoms with Crippen molar-refractivity contribution < 1.29 is 9.59 Å². The molecule has 0 spiro atoms. The third-order valence-corrected chi connectivity index (χ3v) is 2.89. The van der Waals surface area contributed by atoms with Crippen LogP contribution in [0.5, 0.6) is 0 Å². The fourth-order valence-electron chi connectivity index (χ4n) is 1.03. The number of hydrogen-bond acceptors (Lipinski definition) is 4. The van der Waals surface area contributed by atoms with E-state index in [1.807, 2.05) is 17.5 Å². The van der Waals surface area contributed by atoms with Crippen LogP contribution in [0.3, 0.4) is 0 Å². The summed E-state index contributed by atoms with van der Waals surface area (Å²) in [7, 11) is 0. The van der Waals surface area contributed by atoms with Crippen LogP contribution in [-0.4, -0.2) is 24.5 Å². The van der Waals surface area contributed by atoms with Gasteiger partial charge in [0.2, 0.25) is 0 Å². The molecule has 0 aliphatic rings. The van der Waals surface area contributed by atoms with Crippen molar-refractivity contribution in [1.29, 1.82) is 0 Å². The first-order chi connectivity index (χ1) is 8.09. The zero-order valence-electron chi connectivity index (χ0n) is 9.53. The second-order valence-electron chi connectivity index (χ2n) is 3.49. The number of urea groups is 1. The van der Waals surface area contributed by atoms with Crippen LogP contribution < -0.4 is 21.9 Å². The normalized spacial score (nSPS) is 11.6. The molecule has 0 aromatic carbocycles. The maximum Gasteiger partial charge on any atom is 0.333 e. The Morgan fingerprint density at radius 3 is 2.82 bits per heavy atom. The summed E-state index contributed by atoms with van der Waals surface area (Å²) in [5.41, 5.74) is 9.72. The maximum absolute atomic E-state index is 11.2. The van der Waals surface area contributed by atoms with Crippen molar-refractivity contribution in [3.63, 3.8) is 0 Å². The highest BCUT2D eigenvalue weighted by Crippen LogP contribution is 2.07. The molecule has 6 nitrogen and oxygen atoms in total. The zero-order chi connectivity index (χ0) is 12.7. The van der Waals surface area contributed by atoms with Gasteiger partial charge in [-0.05, 0) is 24.8 Å². The van der Waals surface area contributed by atoms with Gasteiger partial charge in [0.1, 0.15) is 0 Å². The predicted molar refractivity (Wildman–Crippen MR) is 66.3 cm³/mol. The minimum Gasteiger partial charge on any atom is -0.336 e. The smallest absolute Gasteiger partial charge is 0.333 e. The van der Waals surface area contributed by atoms with Crippen molar-refractivity contribution in [2.24, 2.45) is 5.73 Å². The van der Waals surface area contributed by atoms with E-state index in [-0.39, 0.29) is 0 Å². The van der Waals surface area contributed by atoms with Gasteiger partial charge in [-0.15, -0.1) is 11.3 Å². The summed E-state index contributed by atoms with van der Waals surface area (Å²) in [6.07, 6.45) is 0.770. The number of thiophene rings is 1. The fraction of sp³-hybridized carbons (Fsp3) is 0.400. The summed E-state index contributed by atoms with van der Waals surface area (Å²) in [5, 5.41) is 4.60. The molecule has 5 N–H and O–H groups in total. The molecule has 0 aliphatic heterocycles. The fourth-order valence-corrected chi connectivity index (χ4v) is 1.74. The van der Waals surface area contributed by atoms with Crippen LogP contribution in [0.15, 0.2) is 17.5 Å². The van der Waals surface area contributed by atoms with E-state index in [1.165, 1.54) is 11.8 Å². The highest BCUT2D eigenvalue weighted by molar-refractivity contribution is 7.09. The largest absolute Gasteiger partial charge is 0.336 e. The number of hydrogen-bond donors (Lipinski definition) is 4. The van der Waals surface area contributed by atoms with E-state index < -0.39 is 18.0 Å². The quantitative estimate of drug-likeness (QED) is 0.569. The molecule has 3 amide bonds. The Labute approximate surface area is 104 Å². The standard InChI is InChI=1S/C10H16N4O2S/c1-7(11)9(15)13-14-10(16)12-5-4-8-3-2-6-17-8/h2-3,6-7H,4-5,11H2,1H3,(H,13,15)(H2,12,14,16). The monoisotopic (exact) mass is 256 g/mol. The van der Waals surface area contributed by atoms with E-state index in [0.29, 0.717) is 6.54 Å². The number of carbonyl (C=O) groups is 2. The summed E-state index contributed by atoms with van der Waals surface area (Å²) in [5.74, 6) is -0.432. The third kappa shape index (κ3) is 5.32. The Balaban J connectivity index is 2.11. The van der Waals surface area contributed by atoms with E-state index in [1.54, 1.807) is 11.3 Å². The predicted octanol–water partition coefficient (Wildman–Crippen LogP) is -0.0318. The summed E-state index contributed by atoms with van der Waals surface area (Å²) < 4.78 is 0. The minimum atomic E-state index is -0.651. The van der Waals surface area contributed by atoms with Crippen molar-refractivity contribution in [1.82, 2.24) is 16.2 Å². The molecular formula is C10H16N4O2S. The third-order valence-electron chi connectivity index (χ3n) is 1.95. The summed E-state index contributed by atoms with van der Waals surface area (Å²) in [6, 6.07) is 2.86. The van der Waals surface area contributed by atoms with Crippen LogP contribution in [0.2, 0.25) is 0 Å². The first-order valence-corrected chi connectivity index (χ1v) is 6.09. The molecule has 1 aromatic rings. The topological polar surface area (TPSA) is 96.2 Å². The van der Waals surface area contributed by atoms with Gasteiger partial charge in [0.25, 0.3) is 5.91 Å². The molecule has 17 heavy (non-hydrogen) atoms. The van der Waals surface area contributed by atoms with Crippen molar-refractivity contribution in [2.75, 3.05) is 6.54 Å². The number of nitrogens with two attached hydrogens (primary N) is 1. The lowest BCUT2D eigenvalue weighted by atomic mass is 10.3. The van der Waals surface area contributed by atoms with Gasteiger partial charge in [-0.1, -0.05) is 6.07 Å². The Morgan fingerprint density at radius 2 is 2.24 bits per heavy atom. The average molecular weight is 256 g/mol. The molecule has 1 heterocycles. The van der Waals surface area contributed by atoms with Crippen molar-refractivity contribution >= 4 is 23.3 Å². The van der Waals surface area contributed by atoms with Gasteiger partial charge in [-0.3, -0.25) is 10.2 Å². The van der Waals surface area contributed by atoms with E-state index in [0.717, 1.165) is 6.42 Å². The Hall–Kier alpha value is -1.60. The second kappa shape index (κ2) is 6.87. The Kier molecular flexibility index (Phi) is 5.44. The maximum atomic E-state index is 11.2. The van der Waals surface area contributed by atoms with Gasteiger partial charge in [-0.2, -0.15) is 0 Å². The van der Waals surface area contributed by atoms with E-state index in [2.05, 4.69) is 16.2 Å². The van der Waals surface area contributed by atoms with Crippen LogP contribution in [0.1, 0.15) is 11.8 Å². The lowest BCUT2D eigenvalue weighted by molar-refractivity contribution is -0.122. The lowest BCUT2D eigenvalue weighted by Crippen LogP contribution is -2.51. The molecule has 1 unspecified atom stereocenters. The van der Waals surface area contributed by atoms with Crippen molar-refractivity contribution in [3.8, 4) is 0 Å². The minimum absolute atomic E-state index is 0.432. The molecule has 1 aromatic heterocycles. The van der Waals surface area contributed by atoms with E-state index in [4.69, 9.17) is 5.73 Å². The van der Waals surface area contributed by atoms with Crippen molar-refractivity contribution in [3.05, 3.63) is 22.4 Å². The molecule has 7 heteroatoms. The number of rotatable bonds is 4. The van der Waals surface area contributed by atoms with Crippen molar-refractivity contribution in [2.45, 2.75) is 19.4 Å². The highest BCUT2D eigenvalue weighted by Gasteiger charge is 2.07. The van der Waals surface area contributed by atoms with Crippen LogP contribution in [0.4, 0.5) is 4.79 Å². The summed E-state index contributed by atoms with van der Waals surface area (Å²) >= 11 is 1.64. The van der Waals surface area contributed by atoms with E-state index in [9.17, 15) is 9.59 Å². The lowest BCUT2D eigenvalue weighted by Gasteiger charge is -2.09. The first-order valence-electron chi connectivity index (χ1n) is 5.21. The van der Waals surface area contributed by atoms with Crippen LogP contribution in [0.25, 0.3) is 0 Å². The van der Waals surface area contributed by atoms with Gasteiger partial charge >= 0.3 is 6.03 Å². The van der Waals surface area contributed by atoms with Gasteiger partial charge < -0.3 is 11.1 Å². The SMILES string of the molecule is CC(N)C(=O)NNC(=O)NCCc1cccs1. The van der Waals surface area contributed by atoms with Crippen LogP contribution in [-0.2, 0) is 11.2 Å². The number of hydrazine groups is 1. The van der Waals surface area contributed by atoms with Gasteiger partial charge in [0, 0.05) is 11.4 Å². The van der Waals surface area contributed by atoms with Gasteiger partial charge in [-0.25, -0.2) is 10.2 Å². The molecule has 0 saturated carbocycles. The zero-order valence-corrected chi connectivity index (χ0v) is 10.3. The van der Waals surface area contributed by atoms with Crippen LogP contribution in [0, 0.1) is 0 Å². The molecule has 94 valence electrons. The molecule has 0 saturated heterocycles. The molecule has 0 fully saturated rings. The van der Waals surface area contributed by atoms with Gasteiger partial charge in [0.05, 0.1) is 6.04 Å². The van der Waals surface area contributed by atoms with Crippen LogP contribution >= 0.6 is 11.3 Å². The average Bonchev–Trinajstić information content (AvgIpc) is 2.78. The molecule has 1 atom stereocenters. The number of nitrogens with one attached hydrogen (secondary N) is 3. The second-order valence-corrected chi connectivity index (χ2v) is 4.52. The van der Waals surface area contributed by atoms with E-state index >= 15 is 0 Å². The molecule has 1 rings (SSSR count). The molecule has 0 bridgehead atoms. The number of carbonyl (C=O) groups excluding carboxylic acids is 2. The summed E-state index contributed by atoms with van der Waals surface area (Å²) in [6.45, 7) is 2.05. The number of amides is 3. The van der Waals surface area contributed by atoms with Gasteiger partial charge in [0.15, 0.2) is 0 Å². The highest BCUT2D eigenvalue weighted by atomic mass is 32.1. The summed E-state index contributed by atoms with van der Waals surface area (Å²) in [4.78, 5) is 23.5. The molecular weight excluding hydrogens is 240 g/mol. The Morgan fingerprint density at radius 1 is 1.47 bits per heavy atom. The molecule has 0 aliphatic carbocycles. The molecule has 0 radical (unpaired) electrons. The first kappa shape index (κ1) is 13.5. The Bertz CT molecular complexity index is 364.